The molecule has 0 aliphatic carbocycles. The molecule has 4 nitrogen and oxygen atoms in total. The Bertz CT molecular complexity index is 765. The van der Waals surface area contributed by atoms with Crippen LogP contribution >= 0.6 is 0 Å². The summed E-state index contributed by atoms with van der Waals surface area (Å²) in [6, 6.07) is 8.29. The second-order valence-electron chi connectivity index (χ2n) is 4.17. The SMILES string of the molecule is O=C(Nc1ccc(F)cc1F)c1cn2ccccc2n1. The summed E-state index contributed by atoms with van der Waals surface area (Å²) in [5.74, 6) is -2.09. The van der Waals surface area contributed by atoms with E-state index in [9.17, 15) is 13.6 Å². The van der Waals surface area contributed by atoms with Crippen LogP contribution in [0.3, 0.4) is 0 Å². The molecule has 100 valence electrons. The second-order valence-corrected chi connectivity index (χ2v) is 4.17. The molecule has 3 rings (SSSR count). The van der Waals surface area contributed by atoms with Gasteiger partial charge in [0.2, 0.25) is 0 Å². The molecule has 3 aromatic rings. The maximum absolute atomic E-state index is 13.5. The number of carbonyl (C=O) groups excluding carboxylic acids is 1. The van der Waals surface area contributed by atoms with Crippen molar-refractivity contribution in [2.24, 2.45) is 0 Å². The minimum absolute atomic E-state index is 0.0894. The van der Waals surface area contributed by atoms with Gasteiger partial charge in [0, 0.05) is 18.5 Å². The highest BCUT2D eigenvalue weighted by atomic mass is 19.1. The van der Waals surface area contributed by atoms with E-state index >= 15 is 0 Å². The van der Waals surface area contributed by atoms with E-state index < -0.39 is 17.5 Å². The first-order valence-corrected chi connectivity index (χ1v) is 5.83. The number of carbonyl (C=O) groups is 1. The molecule has 0 saturated carbocycles. The molecule has 20 heavy (non-hydrogen) atoms. The van der Waals surface area contributed by atoms with Crippen LogP contribution in [-0.2, 0) is 0 Å². The van der Waals surface area contributed by atoms with Crippen molar-refractivity contribution in [3.63, 3.8) is 0 Å². The van der Waals surface area contributed by atoms with Gasteiger partial charge < -0.3 is 9.72 Å². The summed E-state index contributed by atoms with van der Waals surface area (Å²) in [7, 11) is 0. The number of nitrogens with one attached hydrogen (secondary N) is 1. The number of halogens is 2. The molecular formula is C14H9F2N3O. The first-order chi connectivity index (χ1) is 9.63. The van der Waals surface area contributed by atoms with Crippen LogP contribution < -0.4 is 5.32 Å². The van der Waals surface area contributed by atoms with Crippen molar-refractivity contribution < 1.29 is 13.6 Å². The van der Waals surface area contributed by atoms with Crippen LogP contribution in [0.2, 0.25) is 0 Å². The van der Waals surface area contributed by atoms with Crippen molar-refractivity contribution in [3.8, 4) is 0 Å². The molecule has 2 heterocycles. The lowest BCUT2D eigenvalue weighted by Gasteiger charge is -2.04. The first-order valence-electron chi connectivity index (χ1n) is 5.83. The third-order valence-corrected chi connectivity index (χ3v) is 2.78. The van der Waals surface area contributed by atoms with Gasteiger partial charge in [-0.1, -0.05) is 6.07 Å². The molecule has 0 fully saturated rings. The Morgan fingerprint density at radius 2 is 2.05 bits per heavy atom. The lowest BCUT2D eigenvalue weighted by molar-refractivity contribution is 0.102. The largest absolute Gasteiger partial charge is 0.318 e. The zero-order valence-electron chi connectivity index (χ0n) is 10.2. The van der Waals surface area contributed by atoms with Crippen LogP contribution in [-0.4, -0.2) is 15.3 Å². The van der Waals surface area contributed by atoms with E-state index in [4.69, 9.17) is 0 Å². The number of fused-ring (bicyclic) bond motifs is 1. The standard InChI is InChI=1S/C14H9F2N3O/c15-9-4-5-11(10(16)7-9)18-14(20)12-8-19-6-2-1-3-13(19)17-12/h1-8H,(H,18,20). The van der Waals surface area contributed by atoms with Gasteiger partial charge in [0.15, 0.2) is 0 Å². The van der Waals surface area contributed by atoms with E-state index in [0.29, 0.717) is 11.7 Å². The van der Waals surface area contributed by atoms with E-state index in [-0.39, 0.29) is 11.4 Å². The topological polar surface area (TPSA) is 46.4 Å². The summed E-state index contributed by atoms with van der Waals surface area (Å²) in [6.07, 6.45) is 3.28. The number of anilines is 1. The zero-order valence-corrected chi connectivity index (χ0v) is 10.2. The lowest BCUT2D eigenvalue weighted by atomic mass is 10.3. The summed E-state index contributed by atoms with van der Waals surface area (Å²) in [5.41, 5.74) is 0.672. The van der Waals surface area contributed by atoms with Crippen LogP contribution in [0, 0.1) is 11.6 Å². The van der Waals surface area contributed by atoms with Crippen molar-refractivity contribution in [2.75, 3.05) is 5.32 Å². The van der Waals surface area contributed by atoms with Crippen LogP contribution in [0.1, 0.15) is 10.5 Å². The van der Waals surface area contributed by atoms with Gasteiger partial charge in [-0.25, -0.2) is 13.8 Å². The van der Waals surface area contributed by atoms with Crippen LogP contribution in [0.15, 0.2) is 48.8 Å². The van der Waals surface area contributed by atoms with Gasteiger partial charge in [-0.05, 0) is 24.3 Å². The van der Waals surface area contributed by atoms with E-state index in [1.54, 1.807) is 28.8 Å². The fourth-order valence-electron chi connectivity index (χ4n) is 1.82. The summed E-state index contributed by atoms with van der Waals surface area (Å²) in [4.78, 5) is 16.1. The molecule has 0 unspecified atom stereocenters. The predicted octanol–water partition coefficient (Wildman–Crippen LogP) is 2.86. The van der Waals surface area contributed by atoms with Crippen molar-refractivity contribution in [3.05, 3.63) is 66.1 Å². The van der Waals surface area contributed by atoms with Gasteiger partial charge in [-0.2, -0.15) is 0 Å². The first kappa shape index (κ1) is 12.3. The van der Waals surface area contributed by atoms with E-state index in [1.807, 2.05) is 0 Å². The lowest BCUT2D eigenvalue weighted by Crippen LogP contribution is -2.13. The zero-order chi connectivity index (χ0) is 14.1. The summed E-state index contributed by atoms with van der Waals surface area (Å²) >= 11 is 0. The third kappa shape index (κ3) is 2.23. The van der Waals surface area contributed by atoms with Gasteiger partial charge >= 0.3 is 0 Å². The van der Waals surface area contributed by atoms with E-state index in [0.717, 1.165) is 6.07 Å². The minimum atomic E-state index is -0.831. The second kappa shape index (κ2) is 4.73. The van der Waals surface area contributed by atoms with Crippen LogP contribution in [0.25, 0.3) is 5.65 Å². The Balaban J connectivity index is 1.89. The number of pyridine rings is 1. The highest BCUT2D eigenvalue weighted by Gasteiger charge is 2.13. The van der Waals surface area contributed by atoms with Gasteiger partial charge in [-0.3, -0.25) is 4.79 Å². The predicted molar refractivity (Wildman–Crippen MR) is 69.5 cm³/mol. The number of hydrogen-bond acceptors (Lipinski definition) is 2. The number of aromatic nitrogens is 2. The van der Waals surface area contributed by atoms with E-state index in [1.165, 1.54) is 12.3 Å². The monoisotopic (exact) mass is 273 g/mol. The molecule has 6 heteroatoms. The maximum Gasteiger partial charge on any atom is 0.275 e. The molecule has 1 N–H and O–H groups in total. The third-order valence-electron chi connectivity index (χ3n) is 2.78. The number of rotatable bonds is 2. The van der Waals surface area contributed by atoms with Crippen LogP contribution in [0.5, 0.6) is 0 Å². The number of nitrogens with zero attached hydrogens (tertiary/aromatic N) is 2. The molecule has 0 radical (unpaired) electrons. The fourth-order valence-corrected chi connectivity index (χ4v) is 1.82. The number of benzene rings is 1. The molecule has 1 amide bonds. The van der Waals surface area contributed by atoms with Crippen LogP contribution in [0.4, 0.5) is 14.5 Å². The van der Waals surface area contributed by atoms with Crippen molar-refractivity contribution in [2.45, 2.75) is 0 Å². The highest BCUT2D eigenvalue weighted by Crippen LogP contribution is 2.16. The Kier molecular flexibility index (Phi) is 2.90. The average Bonchev–Trinajstić information content (AvgIpc) is 2.86. The number of imidazole rings is 1. The number of hydrogen-bond donors (Lipinski definition) is 1. The smallest absolute Gasteiger partial charge is 0.275 e. The molecule has 1 aromatic carbocycles. The molecule has 0 aliphatic rings. The fraction of sp³-hybridized carbons (Fsp3) is 0. The van der Waals surface area contributed by atoms with Crippen molar-refractivity contribution in [1.82, 2.24) is 9.38 Å². The van der Waals surface area contributed by atoms with Gasteiger partial charge in [0.1, 0.15) is 23.0 Å². The molecule has 2 aromatic heterocycles. The molecule has 0 atom stereocenters. The molecule has 0 aliphatic heterocycles. The summed E-state index contributed by atoms with van der Waals surface area (Å²) < 4.78 is 27.9. The Hall–Kier alpha value is -2.76. The maximum atomic E-state index is 13.5. The summed E-state index contributed by atoms with van der Waals surface area (Å²) in [6.45, 7) is 0. The normalized spacial score (nSPS) is 10.7. The Morgan fingerprint density at radius 3 is 2.80 bits per heavy atom. The number of amides is 1. The Morgan fingerprint density at radius 1 is 1.20 bits per heavy atom. The van der Waals surface area contributed by atoms with Gasteiger partial charge in [0.25, 0.3) is 5.91 Å². The quantitative estimate of drug-likeness (QED) is 0.780. The molecule has 0 saturated heterocycles. The van der Waals surface area contributed by atoms with Crippen molar-refractivity contribution >= 4 is 17.2 Å². The summed E-state index contributed by atoms with van der Waals surface area (Å²) in [5, 5.41) is 2.36. The van der Waals surface area contributed by atoms with Gasteiger partial charge in [0.05, 0.1) is 5.69 Å². The van der Waals surface area contributed by atoms with E-state index in [2.05, 4.69) is 10.3 Å². The molecule has 0 spiro atoms. The molecular weight excluding hydrogens is 264 g/mol. The minimum Gasteiger partial charge on any atom is -0.318 e. The average molecular weight is 273 g/mol. The molecule has 0 bridgehead atoms. The van der Waals surface area contributed by atoms with Gasteiger partial charge in [-0.15, -0.1) is 0 Å². The Labute approximate surface area is 112 Å². The highest BCUT2D eigenvalue weighted by molar-refractivity contribution is 6.03. The van der Waals surface area contributed by atoms with Crippen molar-refractivity contribution in [1.29, 1.82) is 0 Å².